The second kappa shape index (κ2) is 16.6. The zero-order valence-corrected chi connectivity index (χ0v) is 5.53. The number of hydrogen-bond donors (Lipinski definition) is 1. The van der Waals surface area contributed by atoms with Gasteiger partial charge in [-0.3, -0.25) is 9.41 Å². The second-order valence-corrected chi connectivity index (χ2v) is 0.238. The van der Waals surface area contributed by atoms with E-state index in [0.717, 1.165) is 0 Å². The Morgan fingerprint density at radius 1 is 1.57 bits per heavy atom. The van der Waals surface area contributed by atoms with E-state index >= 15 is 0 Å². The Balaban J connectivity index is -0.00000000750. The topological polar surface area (TPSA) is 63.4 Å². The molecule has 0 fully saturated rings. The normalized spacial score (nSPS) is 3.43. The summed E-state index contributed by atoms with van der Waals surface area (Å²) in [5.41, 5.74) is 0. The standard InChI is InChI=1S/2FH.HNO3.Na.H/c;;2-1(3)4;;/h2*1H;(H,2,3,4);;/q;;;+1;-1. The molecule has 0 aliphatic carbocycles. The van der Waals surface area contributed by atoms with Crippen molar-refractivity contribution in [3.05, 3.63) is 10.1 Å². The summed E-state index contributed by atoms with van der Waals surface area (Å²) >= 11 is 0. The van der Waals surface area contributed by atoms with Crippen LogP contribution in [0.5, 0.6) is 0 Å². The van der Waals surface area contributed by atoms with E-state index in [-0.39, 0.29) is 40.4 Å². The summed E-state index contributed by atoms with van der Waals surface area (Å²) in [5, 5.41) is 13.6. The molecular formula is H4F2NNaO3. The Kier molecular flexibility index (Phi) is 65.5. The first kappa shape index (κ1) is 27.7. The molecule has 0 unspecified atom stereocenters. The molecule has 0 saturated carbocycles. The third-order valence-electron chi connectivity index (χ3n) is 0. The van der Waals surface area contributed by atoms with E-state index < -0.39 is 5.09 Å². The molecule has 0 rings (SSSR count). The van der Waals surface area contributed by atoms with Crippen molar-refractivity contribution >= 4 is 0 Å². The maximum absolute atomic E-state index is 8.36. The predicted molar refractivity (Wildman–Crippen MR) is 14.9 cm³/mol. The van der Waals surface area contributed by atoms with E-state index in [0.29, 0.717) is 0 Å². The van der Waals surface area contributed by atoms with E-state index in [9.17, 15) is 0 Å². The van der Waals surface area contributed by atoms with Crippen molar-refractivity contribution in [2.75, 3.05) is 0 Å². The van der Waals surface area contributed by atoms with Gasteiger partial charge in [-0.15, -0.1) is 10.1 Å². The minimum absolute atomic E-state index is 0. The molecule has 0 heterocycles. The van der Waals surface area contributed by atoms with Gasteiger partial charge in [0.2, 0.25) is 0 Å². The average molecular weight is 127 g/mol. The maximum Gasteiger partial charge on any atom is 1.00 e. The maximum atomic E-state index is 8.36. The van der Waals surface area contributed by atoms with E-state index in [1.807, 2.05) is 0 Å². The monoisotopic (exact) mass is 127 g/mol. The molecule has 0 amide bonds. The van der Waals surface area contributed by atoms with Crippen molar-refractivity contribution in [3.63, 3.8) is 0 Å². The summed E-state index contributed by atoms with van der Waals surface area (Å²) in [4.78, 5) is 8.36. The smallest absolute Gasteiger partial charge is 1.00 e. The minimum atomic E-state index is -1.50. The molecule has 0 atom stereocenters. The van der Waals surface area contributed by atoms with Crippen LogP contribution in [0.4, 0.5) is 9.41 Å². The predicted octanol–water partition coefficient (Wildman–Crippen LogP) is -2.93. The van der Waals surface area contributed by atoms with Crippen LogP contribution in [0.25, 0.3) is 0 Å². The van der Waals surface area contributed by atoms with Gasteiger partial charge >= 0.3 is 29.6 Å². The van der Waals surface area contributed by atoms with Crippen molar-refractivity contribution < 1.29 is 50.7 Å². The fourth-order valence-corrected chi connectivity index (χ4v) is 0. The van der Waals surface area contributed by atoms with Crippen LogP contribution in [0.2, 0.25) is 0 Å². The third-order valence-corrected chi connectivity index (χ3v) is 0. The van der Waals surface area contributed by atoms with E-state index in [1.165, 1.54) is 0 Å². The quantitative estimate of drug-likeness (QED) is 0.215. The van der Waals surface area contributed by atoms with Crippen molar-refractivity contribution in [2.45, 2.75) is 0 Å². The van der Waals surface area contributed by atoms with Gasteiger partial charge in [-0.1, -0.05) is 0 Å². The summed E-state index contributed by atoms with van der Waals surface area (Å²) < 4.78 is 0. The Hall–Kier alpha value is 0.0600. The molecule has 7 heavy (non-hydrogen) atoms. The van der Waals surface area contributed by atoms with Gasteiger partial charge in [-0.2, -0.15) is 0 Å². The molecule has 0 spiro atoms. The summed E-state index contributed by atoms with van der Waals surface area (Å²) in [6.07, 6.45) is 0. The fraction of sp³-hybridized carbons (Fsp3) is 0. The Labute approximate surface area is 61.1 Å². The molecule has 0 bridgehead atoms. The molecule has 0 aliphatic rings. The molecule has 0 aliphatic heterocycles. The van der Waals surface area contributed by atoms with Crippen LogP contribution >= 0.6 is 0 Å². The molecular weight excluding hydrogens is 123 g/mol. The van der Waals surface area contributed by atoms with Crippen LogP contribution in [0, 0.1) is 10.1 Å². The molecule has 1 N–H and O–H groups in total. The van der Waals surface area contributed by atoms with Crippen LogP contribution in [-0.4, -0.2) is 10.3 Å². The van der Waals surface area contributed by atoms with Gasteiger partial charge in [0, 0.05) is 0 Å². The van der Waals surface area contributed by atoms with Crippen LogP contribution < -0.4 is 29.6 Å². The van der Waals surface area contributed by atoms with Crippen LogP contribution in [0.15, 0.2) is 0 Å². The van der Waals surface area contributed by atoms with Gasteiger partial charge in [0.05, 0.1) is 0 Å². The Morgan fingerprint density at radius 2 is 1.57 bits per heavy atom. The summed E-state index contributed by atoms with van der Waals surface area (Å²) in [7, 11) is 0. The van der Waals surface area contributed by atoms with E-state index in [1.54, 1.807) is 0 Å². The van der Waals surface area contributed by atoms with Gasteiger partial charge in [0.15, 0.2) is 0 Å². The Morgan fingerprint density at radius 3 is 1.57 bits per heavy atom. The van der Waals surface area contributed by atoms with Crippen LogP contribution in [-0.2, 0) is 0 Å². The molecule has 0 aromatic heterocycles. The first-order chi connectivity index (χ1) is 1.73. The molecule has 0 aromatic rings. The number of halogens is 2. The number of nitrogens with zero attached hydrogens (tertiary/aromatic N) is 1. The first-order valence-corrected chi connectivity index (χ1v) is 0.565. The summed E-state index contributed by atoms with van der Waals surface area (Å²) in [5.74, 6) is 0. The molecule has 0 aromatic carbocycles. The molecule has 0 radical (unpaired) electrons. The average Bonchev–Trinajstić information content (AvgIpc) is 0.811. The van der Waals surface area contributed by atoms with Crippen LogP contribution in [0.3, 0.4) is 0 Å². The molecule has 0 saturated heterocycles. The van der Waals surface area contributed by atoms with Crippen LogP contribution in [0.1, 0.15) is 1.43 Å². The van der Waals surface area contributed by atoms with Crippen molar-refractivity contribution in [2.24, 2.45) is 0 Å². The zero-order valence-electron chi connectivity index (χ0n) is 4.53. The minimum Gasteiger partial charge on any atom is -1.00 e. The van der Waals surface area contributed by atoms with Gasteiger partial charge < -0.3 is 6.63 Å². The molecule has 42 valence electrons. The molecule has 4 nitrogen and oxygen atoms in total. The van der Waals surface area contributed by atoms with E-state index in [4.69, 9.17) is 15.3 Å². The summed E-state index contributed by atoms with van der Waals surface area (Å²) in [6, 6.07) is 0. The van der Waals surface area contributed by atoms with Gasteiger partial charge in [0.1, 0.15) is 0 Å². The first-order valence-electron chi connectivity index (χ1n) is 0.565. The third kappa shape index (κ3) is 27700. The van der Waals surface area contributed by atoms with Gasteiger partial charge in [-0.25, -0.2) is 0 Å². The number of hydrogen-bond acceptors (Lipinski definition) is 2. The Bertz CT molecular complexity index is 40.3. The molecule has 7 heteroatoms. The van der Waals surface area contributed by atoms with Gasteiger partial charge in [0.25, 0.3) is 5.09 Å². The van der Waals surface area contributed by atoms with Crippen molar-refractivity contribution in [1.29, 1.82) is 0 Å². The van der Waals surface area contributed by atoms with Crippen molar-refractivity contribution in [3.8, 4) is 0 Å². The summed E-state index contributed by atoms with van der Waals surface area (Å²) in [6.45, 7) is 0. The van der Waals surface area contributed by atoms with E-state index in [2.05, 4.69) is 0 Å². The zero-order chi connectivity index (χ0) is 3.58. The van der Waals surface area contributed by atoms with Gasteiger partial charge in [-0.05, 0) is 0 Å². The largest absolute Gasteiger partial charge is 1.00 e. The second-order valence-electron chi connectivity index (χ2n) is 0.238. The fourth-order valence-electron chi connectivity index (χ4n) is 0. The SMILES string of the molecule is F.F.O=[N+]([O-])O.[H-].[Na+]. The number of rotatable bonds is 0. The van der Waals surface area contributed by atoms with Crippen molar-refractivity contribution in [1.82, 2.24) is 0 Å².